The number of allylic oxidation sites excluding steroid dienone is 2. The molecule has 0 bridgehead atoms. The molecule has 20 heavy (non-hydrogen) atoms. The second-order valence-electron chi connectivity index (χ2n) is 3.22. The number of nitrogens with zero attached hydrogens (tertiary/aromatic N) is 4. The van der Waals surface area contributed by atoms with E-state index in [0.717, 1.165) is 6.07 Å². The molecule has 0 aliphatic rings. The molecule has 1 aromatic carbocycles. The van der Waals surface area contributed by atoms with E-state index in [-0.39, 0.29) is 15.7 Å². The number of nitriles is 3. The molecule has 0 aliphatic heterocycles. The molecular formula is C11H3Cl2N5O2. The molecule has 7 nitrogen and oxygen atoms in total. The predicted molar refractivity (Wildman–Crippen MR) is 70.6 cm³/mol. The van der Waals surface area contributed by atoms with Gasteiger partial charge in [0.1, 0.15) is 28.9 Å². The van der Waals surface area contributed by atoms with Crippen LogP contribution in [-0.2, 0) is 0 Å². The van der Waals surface area contributed by atoms with Crippen molar-refractivity contribution in [1.82, 2.24) is 0 Å². The molecule has 9 heteroatoms. The summed E-state index contributed by atoms with van der Waals surface area (Å²) < 4.78 is 0. The van der Waals surface area contributed by atoms with Crippen LogP contribution < -0.4 is 5.32 Å². The first kappa shape index (κ1) is 15.3. The molecular weight excluding hydrogens is 305 g/mol. The summed E-state index contributed by atoms with van der Waals surface area (Å²) in [7, 11) is 0. The molecule has 0 saturated carbocycles. The zero-order valence-electron chi connectivity index (χ0n) is 9.52. The SMILES string of the molecule is N#CC(C#N)=C(C#N)Nc1c(Cl)ccc([N+](=O)[O-])c1Cl. The maximum absolute atomic E-state index is 10.8. The topological polar surface area (TPSA) is 127 Å². The Kier molecular flexibility index (Phi) is 4.88. The monoisotopic (exact) mass is 307 g/mol. The molecule has 0 aromatic heterocycles. The Morgan fingerprint density at radius 2 is 1.80 bits per heavy atom. The highest BCUT2D eigenvalue weighted by Gasteiger charge is 2.20. The molecule has 0 fully saturated rings. The Balaban J connectivity index is 3.44. The largest absolute Gasteiger partial charge is 0.342 e. The summed E-state index contributed by atoms with van der Waals surface area (Å²) >= 11 is 11.6. The van der Waals surface area contributed by atoms with E-state index in [2.05, 4.69) is 5.32 Å². The number of nitro groups is 1. The van der Waals surface area contributed by atoms with Gasteiger partial charge in [-0.15, -0.1) is 0 Å². The highest BCUT2D eigenvalue weighted by atomic mass is 35.5. The third-order valence-corrected chi connectivity index (χ3v) is 2.80. The number of halogens is 2. The Hall–Kier alpha value is -2.79. The number of rotatable bonds is 3. The van der Waals surface area contributed by atoms with Crippen molar-refractivity contribution in [2.75, 3.05) is 5.32 Å². The molecule has 0 saturated heterocycles. The van der Waals surface area contributed by atoms with Gasteiger partial charge in [-0.2, -0.15) is 15.8 Å². The van der Waals surface area contributed by atoms with Crippen LogP contribution in [0.2, 0.25) is 10.0 Å². The van der Waals surface area contributed by atoms with E-state index in [4.69, 9.17) is 39.0 Å². The van der Waals surface area contributed by atoms with Gasteiger partial charge >= 0.3 is 0 Å². The van der Waals surface area contributed by atoms with E-state index >= 15 is 0 Å². The summed E-state index contributed by atoms with van der Waals surface area (Å²) in [6.07, 6.45) is 0. The lowest BCUT2D eigenvalue weighted by Gasteiger charge is -2.09. The number of anilines is 1. The lowest BCUT2D eigenvalue weighted by atomic mass is 10.2. The predicted octanol–water partition coefficient (Wildman–Crippen LogP) is 3.14. The third-order valence-electron chi connectivity index (χ3n) is 2.10. The van der Waals surface area contributed by atoms with Crippen LogP contribution in [0.4, 0.5) is 11.4 Å². The summed E-state index contributed by atoms with van der Waals surface area (Å²) in [6, 6.07) is 6.93. The Morgan fingerprint density at radius 3 is 2.25 bits per heavy atom. The van der Waals surface area contributed by atoms with Crippen molar-refractivity contribution in [3.05, 3.63) is 43.6 Å². The zero-order valence-corrected chi connectivity index (χ0v) is 11.0. The van der Waals surface area contributed by atoms with Gasteiger partial charge in [0.05, 0.1) is 15.6 Å². The molecule has 1 N–H and O–H groups in total. The standard InChI is InChI=1S/C11H3Cl2N5O2/c12-7-1-2-9(18(19)20)10(13)11(7)17-8(5-16)6(3-14)4-15/h1-2,17H. The maximum atomic E-state index is 10.8. The fourth-order valence-corrected chi connectivity index (χ4v) is 1.74. The van der Waals surface area contributed by atoms with Crippen molar-refractivity contribution in [2.24, 2.45) is 0 Å². The van der Waals surface area contributed by atoms with Crippen LogP contribution in [0.3, 0.4) is 0 Å². The van der Waals surface area contributed by atoms with Crippen molar-refractivity contribution >= 4 is 34.6 Å². The van der Waals surface area contributed by atoms with Gasteiger partial charge in [0.15, 0.2) is 5.57 Å². The van der Waals surface area contributed by atoms with Crippen LogP contribution in [0, 0.1) is 44.1 Å². The van der Waals surface area contributed by atoms with Crippen molar-refractivity contribution in [3.63, 3.8) is 0 Å². The van der Waals surface area contributed by atoms with Gasteiger partial charge in [-0.05, 0) is 6.07 Å². The van der Waals surface area contributed by atoms with Gasteiger partial charge in [0.25, 0.3) is 5.69 Å². The Bertz CT molecular complexity index is 721. The van der Waals surface area contributed by atoms with Gasteiger partial charge < -0.3 is 5.32 Å². The van der Waals surface area contributed by atoms with Gasteiger partial charge in [-0.3, -0.25) is 10.1 Å². The van der Waals surface area contributed by atoms with Crippen LogP contribution in [-0.4, -0.2) is 4.92 Å². The van der Waals surface area contributed by atoms with Gasteiger partial charge in [0, 0.05) is 6.07 Å². The number of benzene rings is 1. The molecule has 0 aliphatic carbocycles. The zero-order chi connectivity index (χ0) is 15.3. The minimum atomic E-state index is -0.727. The van der Waals surface area contributed by atoms with Crippen molar-refractivity contribution in [2.45, 2.75) is 0 Å². The summed E-state index contributed by atoms with van der Waals surface area (Å²) in [5.41, 5.74) is -1.45. The number of nitrogens with one attached hydrogen (secondary N) is 1. The highest BCUT2D eigenvalue weighted by Crippen LogP contribution is 2.38. The van der Waals surface area contributed by atoms with E-state index < -0.39 is 21.9 Å². The van der Waals surface area contributed by atoms with Crippen LogP contribution >= 0.6 is 23.2 Å². The molecule has 1 aromatic rings. The van der Waals surface area contributed by atoms with Crippen molar-refractivity contribution in [3.8, 4) is 18.2 Å². The Morgan fingerprint density at radius 1 is 1.20 bits per heavy atom. The van der Waals surface area contributed by atoms with Crippen molar-refractivity contribution in [1.29, 1.82) is 15.8 Å². The van der Waals surface area contributed by atoms with E-state index in [1.807, 2.05) is 0 Å². The molecule has 98 valence electrons. The number of hydrogen-bond acceptors (Lipinski definition) is 6. The summed E-state index contributed by atoms with van der Waals surface area (Å²) in [5, 5.41) is 39.1. The van der Waals surface area contributed by atoms with Crippen LogP contribution in [0.15, 0.2) is 23.4 Å². The normalized spacial score (nSPS) is 8.75. The van der Waals surface area contributed by atoms with E-state index in [1.54, 1.807) is 6.07 Å². The lowest BCUT2D eigenvalue weighted by Crippen LogP contribution is -2.03. The minimum Gasteiger partial charge on any atom is -0.342 e. The minimum absolute atomic E-state index is 0.00331. The van der Waals surface area contributed by atoms with Crippen LogP contribution in [0.5, 0.6) is 0 Å². The summed E-state index contributed by atoms with van der Waals surface area (Å²) in [4.78, 5) is 10.0. The van der Waals surface area contributed by atoms with Gasteiger partial charge in [-0.1, -0.05) is 23.2 Å². The molecule has 0 amide bonds. The fourth-order valence-electron chi connectivity index (χ4n) is 1.21. The quantitative estimate of drug-likeness (QED) is 0.519. The first-order valence-corrected chi connectivity index (χ1v) is 5.55. The average Bonchev–Trinajstić information content (AvgIpc) is 2.41. The van der Waals surface area contributed by atoms with Gasteiger partial charge in [0.2, 0.25) is 0 Å². The molecule has 0 radical (unpaired) electrons. The lowest BCUT2D eigenvalue weighted by molar-refractivity contribution is -0.384. The average molecular weight is 308 g/mol. The smallest absolute Gasteiger partial charge is 0.290 e. The Labute approximate surface area is 123 Å². The summed E-state index contributed by atoms with van der Waals surface area (Å²) in [6.45, 7) is 0. The van der Waals surface area contributed by atoms with E-state index in [0.29, 0.717) is 0 Å². The molecule has 0 atom stereocenters. The fraction of sp³-hybridized carbons (Fsp3) is 0. The molecule has 1 rings (SSSR count). The van der Waals surface area contributed by atoms with Crippen molar-refractivity contribution < 1.29 is 4.92 Å². The second kappa shape index (κ2) is 6.40. The molecule has 0 heterocycles. The van der Waals surface area contributed by atoms with Crippen LogP contribution in [0.1, 0.15) is 0 Å². The maximum Gasteiger partial charge on any atom is 0.290 e. The number of hydrogen-bond donors (Lipinski definition) is 1. The van der Waals surface area contributed by atoms with E-state index in [1.165, 1.54) is 18.2 Å². The molecule has 0 spiro atoms. The first-order chi connectivity index (χ1) is 9.46. The molecule has 0 unspecified atom stereocenters. The first-order valence-electron chi connectivity index (χ1n) is 4.80. The highest BCUT2D eigenvalue weighted by molar-refractivity contribution is 6.40. The summed E-state index contributed by atoms with van der Waals surface area (Å²) in [5.74, 6) is 0. The van der Waals surface area contributed by atoms with Gasteiger partial charge in [-0.25, -0.2) is 0 Å². The second-order valence-corrected chi connectivity index (χ2v) is 4.01. The third kappa shape index (κ3) is 2.96. The van der Waals surface area contributed by atoms with Crippen LogP contribution in [0.25, 0.3) is 0 Å². The number of nitro benzene ring substituents is 1. The van der Waals surface area contributed by atoms with E-state index in [9.17, 15) is 10.1 Å².